The molecule has 4 rings (SSSR count). The summed E-state index contributed by atoms with van der Waals surface area (Å²) in [6.07, 6.45) is 6.35. The van der Waals surface area contributed by atoms with Gasteiger partial charge < -0.3 is 9.42 Å². The van der Waals surface area contributed by atoms with E-state index in [2.05, 4.69) is 10.1 Å². The molecule has 1 aliphatic heterocycles. The maximum Gasteiger partial charge on any atom is 0.249 e. The average molecular weight is 317 g/mol. The fourth-order valence-electron chi connectivity index (χ4n) is 3.22. The maximum atomic E-state index is 12.6. The van der Waals surface area contributed by atoms with Gasteiger partial charge in [-0.3, -0.25) is 4.79 Å². The minimum absolute atomic E-state index is 0.0388. The van der Waals surface area contributed by atoms with Gasteiger partial charge in [-0.2, -0.15) is 4.98 Å². The molecular weight excluding hydrogens is 298 g/mol. The Morgan fingerprint density at radius 3 is 2.91 bits per heavy atom. The van der Waals surface area contributed by atoms with Crippen LogP contribution in [0.1, 0.15) is 50.5 Å². The van der Waals surface area contributed by atoms with Crippen LogP contribution in [0.3, 0.4) is 0 Å². The van der Waals surface area contributed by atoms with Gasteiger partial charge in [-0.25, -0.2) is 0 Å². The van der Waals surface area contributed by atoms with Crippen LogP contribution in [-0.4, -0.2) is 27.5 Å². The lowest BCUT2D eigenvalue weighted by molar-refractivity contribution is -0.142. The molecule has 0 radical (unpaired) electrons. The van der Waals surface area contributed by atoms with Crippen LogP contribution in [0, 0.1) is 5.92 Å². The zero-order valence-electron chi connectivity index (χ0n) is 12.4. The molecule has 2 aromatic rings. The lowest BCUT2D eigenvalue weighted by atomic mass is 9.83. The van der Waals surface area contributed by atoms with E-state index in [-0.39, 0.29) is 17.9 Å². The number of hydrogen-bond acceptors (Lipinski definition) is 5. The van der Waals surface area contributed by atoms with Crippen molar-refractivity contribution in [2.24, 2.45) is 5.92 Å². The molecule has 22 heavy (non-hydrogen) atoms. The fourth-order valence-corrected chi connectivity index (χ4v) is 3.87. The lowest BCUT2D eigenvalue weighted by Gasteiger charge is -2.38. The molecule has 2 aromatic heterocycles. The topological polar surface area (TPSA) is 59.2 Å². The molecule has 2 aliphatic rings. The minimum Gasteiger partial charge on any atom is -0.337 e. The number of carbonyl (C=O) groups is 1. The summed E-state index contributed by atoms with van der Waals surface area (Å²) >= 11 is 1.60. The van der Waals surface area contributed by atoms with Gasteiger partial charge in [0.1, 0.15) is 6.04 Å². The molecule has 2 fully saturated rings. The first kappa shape index (κ1) is 13.9. The van der Waals surface area contributed by atoms with E-state index in [1.165, 1.54) is 6.42 Å². The molecule has 0 N–H and O–H groups in total. The van der Waals surface area contributed by atoms with Gasteiger partial charge in [-0.1, -0.05) is 17.6 Å². The summed E-state index contributed by atoms with van der Waals surface area (Å²) in [5.41, 5.74) is 0. The Morgan fingerprint density at radius 2 is 2.18 bits per heavy atom. The van der Waals surface area contributed by atoms with Crippen molar-refractivity contribution >= 4 is 17.2 Å². The Bertz CT molecular complexity index is 648. The van der Waals surface area contributed by atoms with Gasteiger partial charge in [-0.05, 0) is 43.6 Å². The Morgan fingerprint density at radius 1 is 1.27 bits per heavy atom. The van der Waals surface area contributed by atoms with Gasteiger partial charge >= 0.3 is 0 Å². The van der Waals surface area contributed by atoms with Gasteiger partial charge in [0.05, 0.1) is 4.88 Å². The summed E-state index contributed by atoms with van der Waals surface area (Å²) < 4.78 is 5.49. The van der Waals surface area contributed by atoms with E-state index in [9.17, 15) is 4.79 Å². The normalized spacial score (nSPS) is 22.5. The highest BCUT2D eigenvalue weighted by Gasteiger charge is 2.37. The third-order valence-corrected chi connectivity index (χ3v) is 5.57. The molecule has 3 heterocycles. The third kappa shape index (κ3) is 2.45. The predicted molar refractivity (Wildman–Crippen MR) is 83.3 cm³/mol. The zero-order chi connectivity index (χ0) is 14.9. The highest BCUT2D eigenvalue weighted by molar-refractivity contribution is 7.13. The first-order valence-electron chi connectivity index (χ1n) is 8.01. The van der Waals surface area contributed by atoms with Crippen molar-refractivity contribution in [1.29, 1.82) is 0 Å². The molecule has 0 bridgehead atoms. The van der Waals surface area contributed by atoms with Gasteiger partial charge in [-0.15, -0.1) is 11.3 Å². The van der Waals surface area contributed by atoms with Crippen LogP contribution in [-0.2, 0) is 4.79 Å². The first-order valence-corrected chi connectivity index (χ1v) is 8.89. The number of rotatable bonds is 3. The SMILES string of the molecule is O=C(C1CCC1)N1CCCC[C@H]1c1nc(-c2cccs2)no1. The van der Waals surface area contributed by atoms with Gasteiger partial charge in [0.25, 0.3) is 0 Å². The van der Waals surface area contributed by atoms with E-state index in [1.807, 2.05) is 22.4 Å². The van der Waals surface area contributed by atoms with Crippen LogP contribution in [0.5, 0.6) is 0 Å². The number of amides is 1. The monoisotopic (exact) mass is 317 g/mol. The highest BCUT2D eigenvalue weighted by atomic mass is 32.1. The standard InChI is InChI=1S/C16H19N3O2S/c20-16(11-5-3-6-11)19-9-2-1-7-12(19)15-17-14(18-21-15)13-8-4-10-22-13/h4,8,10-12H,1-3,5-7,9H2/t12-/m0/s1. The van der Waals surface area contributed by atoms with Crippen molar-refractivity contribution in [3.63, 3.8) is 0 Å². The van der Waals surface area contributed by atoms with Crippen molar-refractivity contribution in [2.75, 3.05) is 6.54 Å². The molecule has 1 saturated heterocycles. The van der Waals surface area contributed by atoms with Crippen molar-refractivity contribution in [3.05, 3.63) is 23.4 Å². The summed E-state index contributed by atoms with van der Waals surface area (Å²) in [6, 6.07) is 3.92. The Balaban J connectivity index is 1.57. The molecule has 0 unspecified atom stereocenters. The van der Waals surface area contributed by atoms with Gasteiger partial charge in [0, 0.05) is 12.5 Å². The second kappa shape index (κ2) is 5.83. The molecule has 1 amide bonds. The Hall–Kier alpha value is -1.69. The van der Waals surface area contributed by atoms with Crippen LogP contribution in [0.2, 0.25) is 0 Å². The first-order chi connectivity index (χ1) is 10.8. The largest absolute Gasteiger partial charge is 0.337 e. The van der Waals surface area contributed by atoms with Crippen molar-refractivity contribution in [1.82, 2.24) is 15.0 Å². The number of likely N-dealkylation sites (tertiary alicyclic amines) is 1. The molecule has 1 atom stereocenters. The highest BCUT2D eigenvalue weighted by Crippen LogP contribution is 2.36. The van der Waals surface area contributed by atoms with E-state index in [0.717, 1.165) is 43.5 Å². The maximum absolute atomic E-state index is 12.6. The summed E-state index contributed by atoms with van der Waals surface area (Å²) in [6.45, 7) is 0.816. The molecule has 116 valence electrons. The quantitative estimate of drug-likeness (QED) is 0.867. The number of nitrogens with zero attached hydrogens (tertiary/aromatic N) is 3. The number of piperidine rings is 1. The molecule has 1 saturated carbocycles. The predicted octanol–water partition coefficient (Wildman–Crippen LogP) is 3.65. The van der Waals surface area contributed by atoms with Crippen LogP contribution in [0.4, 0.5) is 0 Å². The second-order valence-electron chi connectivity index (χ2n) is 6.10. The number of aromatic nitrogens is 2. The number of hydrogen-bond donors (Lipinski definition) is 0. The number of thiophene rings is 1. The molecule has 5 nitrogen and oxygen atoms in total. The summed E-state index contributed by atoms with van der Waals surface area (Å²) in [7, 11) is 0. The van der Waals surface area contributed by atoms with E-state index in [1.54, 1.807) is 11.3 Å². The van der Waals surface area contributed by atoms with Crippen molar-refractivity contribution in [2.45, 2.75) is 44.6 Å². The van der Waals surface area contributed by atoms with E-state index < -0.39 is 0 Å². The van der Waals surface area contributed by atoms with Crippen molar-refractivity contribution in [3.8, 4) is 10.7 Å². The van der Waals surface area contributed by atoms with E-state index >= 15 is 0 Å². The summed E-state index contributed by atoms with van der Waals surface area (Å²) in [5.74, 6) is 1.73. The second-order valence-corrected chi connectivity index (χ2v) is 7.05. The van der Waals surface area contributed by atoms with Crippen LogP contribution < -0.4 is 0 Å². The molecule has 6 heteroatoms. The number of carbonyl (C=O) groups excluding carboxylic acids is 1. The third-order valence-electron chi connectivity index (χ3n) is 4.71. The van der Waals surface area contributed by atoms with Crippen LogP contribution >= 0.6 is 11.3 Å². The average Bonchev–Trinajstić information content (AvgIpc) is 3.16. The van der Waals surface area contributed by atoms with E-state index in [0.29, 0.717) is 11.7 Å². The van der Waals surface area contributed by atoms with Crippen molar-refractivity contribution < 1.29 is 9.32 Å². The minimum atomic E-state index is -0.0388. The van der Waals surface area contributed by atoms with E-state index in [4.69, 9.17) is 4.52 Å². The molecule has 0 aromatic carbocycles. The molecule has 1 aliphatic carbocycles. The zero-order valence-corrected chi connectivity index (χ0v) is 13.2. The Labute approximate surface area is 133 Å². The molecule has 0 spiro atoms. The van der Waals surface area contributed by atoms with Gasteiger partial charge in [0.2, 0.25) is 17.6 Å². The Kier molecular flexibility index (Phi) is 3.70. The van der Waals surface area contributed by atoms with Gasteiger partial charge in [0.15, 0.2) is 0 Å². The summed E-state index contributed by atoms with van der Waals surface area (Å²) in [5, 5.41) is 6.09. The molecular formula is C16H19N3O2S. The van der Waals surface area contributed by atoms with Crippen LogP contribution in [0.25, 0.3) is 10.7 Å². The summed E-state index contributed by atoms with van der Waals surface area (Å²) in [4.78, 5) is 20.2. The smallest absolute Gasteiger partial charge is 0.249 e. The fraction of sp³-hybridized carbons (Fsp3) is 0.562. The van der Waals surface area contributed by atoms with Crippen LogP contribution in [0.15, 0.2) is 22.0 Å². The lowest BCUT2D eigenvalue weighted by Crippen LogP contribution is -2.43.